The molecule has 3 nitrogen and oxygen atoms in total. The van der Waals surface area contributed by atoms with Crippen molar-refractivity contribution in [2.75, 3.05) is 30.9 Å². The summed E-state index contributed by atoms with van der Waals surface area (Å²) in [7, 11) is 1.75. The zero-order valence-corrected chi connectivity index (χ0v) is 12.1. The highest BCUT2D eigenvalue weighted by molar-refractivity contribution is 5.58. The van der Waals surface area contributed by atoms with Gasteiger partial charge in [0.25, 0.3) is 0 Å². The average Bonchev–Trinajstić information content (AvgIpc) is 2.38. The molecule has 0 saturated carbocycles. The first-order valence-corrected chi connectivity index (χ1v) is 6.75. The third-order valence-corrected chi connectivity index (χ3v) is 3.50. The lowest BCUT2D eigenvalue weighted by molar-refractivity contribution is 0.202. The Morgan fingerprint density at radius 1 is 1.28 bits per heavy atom. The van der Waals surface area contributed by atoms with Crippen LogP contribution in [0.15, 0.2) is 18.2 Å². The van der Waals surface area contributed by atoms with Crippen LogP contribution in [0.25, 0.3) is 0 Å². The molecule has 0 bridgehead atoms. The van der Waals surface area contributed by atoms with Gasteiger partial charge < -0.3 is 15.4 Å². The van der Waals surface area contributed by atoms with Gasteiger partial charge >= 0.3 is 0 Å². The first-order valence-electron chi connectivity index (χ1n) is 6.75. The Morgan fingerprint density at radius 2 is 1.94 bits per heavy atom. The van der Waals surface area contributed by atoms with Gasteiger partial charge in [-0.05, 0) is 43.5 Å². The largest absolute Gasteiger partial charge is 0.399 e. The summed E-state index contributed by atoms with van der Waals surface area (Å²) in [4.78, 5) is 2.43. The van der Waals surface area contributed by atoms with Crippen LogP contribution < -0.4 is 10.6 Å². The minimum atomic E-state index is 0.558. The van der Waals surface area contributed by atoms with Gasteiger partial charge in [0.05, 0.1) is 6.61 Å². The molecule has 0 radical (unpaired) electrons. The van der Waals surface area contributed by atoms with E-state index in [2.05, 4.69) is 37.8 Å². The molecule has 0 unspecified atom stereocenters. The van der Waals surface area contributed by atoms with Crippen molar-refractivity contribution in [2.24, 2.45) is 0 Å². The van der Waals surface area contributed by atoms with Gasteiger partial charge in [-0.25, -0.2) is 0 Å². The molecule has 1 aromatic carbocycles. The van der Waals surface area contributed by atoms with E-state index in [0.717, 1.165) is 37.2 Å². The maximum absolute atomic E-state index is 5.89. The fraction of sp³-hybridized carbons (Fsp3) is 0.600. The summed E-state index contributed by atoms with van der Waals surface area (Å²) >= 11 is 0. The molecule has 0 spiro atoms. The Balaban J connectivity index is 2.96. The van der Waals surface area contributed by atoms with Gasteiger partial charge in [-0.1, -0.05) is 13.8 Å². The highest BCUT2D eigenvalue weighted by Gasteiger charge is 2.15. The van der Waals surface area contributed by atoms with Crippen LogP contribution in [-0.2, 0) is 4.74 Å². The number of nitrogens with two attached hydrogens (primary N) is 1. The van der Waals surface area contributed by atoms with Crippen molar-refractivity contribution >= 4 is 11.4 Å². The fourth-order valence-electron chi connectivity index (χ4n) is 2.28. The average molecular weight is 250 g/mol. The van der Waals surface area contributed by atoms with Crippen molar-refractivity contribution in [3.8, 4) is 0 Å². The molecule has 0 aliphatic heterocycles. The number of methoxy groups -OCH3 is 1. The zero-order chi connectivity index (χ0) is 13.5. The smallest absolute Gasteiger partial charge is 0.0637 e. The molecule has 0 aliphatic carbocycles. The number of hydrogen-bond donors (Lipinski definition) is 1. The molecule has 0 aliphatic rings. The molecule has 18 heavy (non-hydrogen) atoms. The Labute approximate surface area is 111 Å². The summed E-state index contributed by atoms with van der Waals surface area (Å²) in [6.07, 6.45) is 2.28. The lowest BCUT2D eigenvalue weighted by atomic mass is 10.1. The Bertz CT molecular complexity index is 362. The third-order valence-electron chi connectivity index (χ3n) is 3.50. The van der Waals surface area contributed by atoms with Crippen LogP contribution in [0.4, 0.5) is 11.4 Å². The summed E-state index contributed by atoms with van der Waals surface area (Å²) in [6, 6.07) is 6.83. The van der Waals surface area contributed by atoms with Crippen molar-refractivity contribution in [2.45, 2.75) is 39.7 Å². The van der Waals surface area contributed by atoms with Gasteiger partial charge in [0.15, 0.2) is 0 Å². The first kappa shape index (κ1) is 14.8. The van der Waals surface area contributed by atoms with Gasteiger partial charge in [-0.15, -0.1) is 0 Å². The molecule has 0 heterocycles. The summed E-state index contributed by atoms with van der Waals surface area (Å²) < 4.78 is 5.22. The zero-order valence-electron chi connectivity index (χ0n) is 12.1. The number of aryl methyl sites for hydroxylation is 1. The summed E-state index contributed by atoms with van der Waals surface area (Å²) in [5.74, 6) is 0. The Kier molecular flexibility index (Phi) is 5.99. The second-order valence-corrected chi connectivity index (χ2v) is 4.70. The van der Waals surface area contributed by atoms with Crippen LogP contribution >= 0.6 is 0 Å². The lowest BCUT2D eigenvalue weighted by Crippen LogP contribution is -2.37. The number of anilines is 2. The van der Waals surface area contributed by atoms with Crippen LogP contribution in [0, 0.1) is 6.92 Å². The molecular formula is C15H26N2O. The quantitative estimate of drug-likeness (QED) is 0.755. The monoisotopic (exact) mass is 250 g/mol. The molecule has 0 saturated heterocycles. The number of rotatable bonds is 7. The highest BCUT2D eigenvalue weighted by Crippen LogP contribution is 2.24. The van der Waals surface area contributed by atoms with E-state index >= 15 is 0 Å². The predicted octanol–water partition coefficient (Wildman–Crippen LogP) is 3.22. The molecule has 0 fully saturated rings. The SMILES string of the molecule is CCC(CC)N(CCOC)c1ccc(N)c(C)c1. The minimum Gasteiger partial charge on any atom is -0.399 e. The van der Waals surface area contributed by atoms with E-state index in [-0.39, 0.29) is 0 Å². The van der Waals surface area contributed by atoms with Gasteiger partial charge in [0.2, 0.25) is 0 Å². The molecule has 1 rings (SSSR count). The molecule has 1 aromatic rings. The van der Waals surface area contributed by atoms with E-state index in [9.17, 15) is 0 Å². The number of nitrogen functional groups attached to an aromatic ring is 1. The van der Waals surface area contributed by atoms with E-state index < -0.39 is 0 Å². The highest BCUT2D eigenvalue weighted by atomic mass is 16.5. The number of ether oxygens (including phenoxy) is 1. The second kappa shape index (κ2) is 7.27. The van der Waals surface area contributed by atoms with Gasteiger partial charge in [0, 0.05) is 31.1 Å². The van der Waals surface area contributed by atoms with E-state index in [1.54, 1.807) is 7.11 Å². The van der Waals surface area contributed by atoms with Crippen molar-refractivity contribution in [3.63, 3.8) is 0 Å². The topological polar surface area (TPSA) is 38.5 Å². The van der Waals surface area contributed by atoms with Crippen LogP contribution in [0.2, 0.25) is 0 Å². The van der Waals surface area contributed by atoms with Crippen molar-refractivity contribution < 1.29 is 4.74 Å². The predicted molar refractivity (Wildman–Crippen MR) is 79.2 cm³/mol. The Morgan fingerprint density at radius 3 is 2.44 bits per heavy atom. The van der Waals surface area contributed by atoms with E-state index in [4.69, 9.17) is 10.5 Å². The molecule has 0 aromatic heterocycles. The summed E-state index contributed by atoms with van der Waals surface area (Å²) in [6.45, 7) is 8.20. The Hall–Kier alpha value is -1.22. The number of benzene rings is 1. The van der Waals surface area contributed by atoms with Gasteiger partial charge in [0.1, 0.15) is 0 Å². The van der Waals surface area contributed by atoms with E-state index in [1.165, 1.54) is 5.69 Å². The fourth-order valence-corrected chi connectivity index (χ4v) is 2.28. The minimum absolute atomic E-state index is 0.558. The van der Waals surface area contributed by atoms with Crippen molar-refractivity contribution in [1.82, 2.24) is 0 Å². The molecule has 102 valence electrons. The van der Waals surface area contributed by atoms with E-state index in [0.29, 0.717) is 6.04 Å². The van der Waals surface area contributed by atoms with E-state index in [1.807, 2.05) is 6.07 Å². The normalized spacial score (nSPS) is 10.9. The molecular weight excluding hydrogens is 224 g/mol. The van der Waals surface area contributed by atoms with Crippen LogP contribution in [0.1, 0.15) is 32.3 Å². The summed E-state index contributed by atoms with van der Waals surface area (Å²) in [5, 5.41) is 0. The molecule has 3 heteroatoms. The van der Waals surface area contributed by atoms with Crippen molar-refractivity contribution in [1.29, 1.82) is 0 Å². The summed E-state index contributed by atoms with van der Waals surface area (Å²) in [5.41, 5.74) is 9.13. The molecule has 2 N–H and O–H groups in total. The second-order valence-electron chi connectivity index (χ2n) is 4.70. The molecule has 0 amide bonds. The van der Waals surface area contributed by atoms with Crippen LogP contribution in [0.5, 0.6) is 0 Å². The number of nitrogens with zero attached hydrogens (tertiary/aromatic N) is 1. The van der Waals surface area contributed by atoms with Gasteiger partial charge in [-0.2, -0.15) is 0 Å². The molecule has 0 atom stereocenters. The lowest BCUT2D eigenvalue weighted by Gasteiger charge is -2.33. The standard InChI is InChI=1S/C15H26N2O/c1-5-13(6-2)17(9-10-18-4)14-7-8-15(16)12(3)11-14/h7-8,11,13H,5-6,9-10,16H2,1-4H3. The van der Waals surface area contributed by atoms with Crippen molar-refractivity contribution in [3.05, 3.63) is 23.8 Å². The van der Waals surface area contributed by atoms with Gasteiger partial charge in [-0.3, -0.25) is 0 Å². The third kappa shape index (κ3) is 3.64. The maximum Gasteiger partial charge on any atom is 0.0637 e. The first-order chi connectivity index (χ1) is 8.63. The maximum atomic E-state index is 5.89. The van der Waals surface area contributed by atoms with Crippen LogP contribution in [0.3, 0.4) is 0 Å². The van der Waals surface area contributed by atoms with Crippen LogP contribution in [-0.4, -0.2) is 26.3 Å². The number of hydrogen-bond acceptors (Lipinski definition) is 3.